The summed E-state index contributed by atoms with van der Waals surface area (Å²) < 4.78 is 6.39. The maximum Gasteiger partial charge on any atom is 0.163 e. The van der Waals surface area contributed by atoms with E-state index in [1.165, 1.54) is 18.4 Å². The molecule has 2 aromatic rings. The molecule has 0 spiro atoms. The van der Waals surface area contributed by atoms with Gasteiger partial charge in [-0.25, -0.2) is 0 Å². The number of ketones is 1. The molecule has 0 radical (unpaired) electrons. The zero-order valence-electron chi connectivity index (χ0n) is 20.7. The molecule has 4 unspecified atom stereocenters. The molecule has 1 fully saturated rings. The van der Waals surface area contributed by atoms with Gasteiger partial charge in [0.25, 0.3) is 0 Å². The topological polar surface area (TPSA) is 51.0 Å². The molecule has 0 bridgehead atoms. The fraction of sp³-hybridized carbons (Fsp3) is 0.500. The average Bonchev–Trinajstić information content (AvgIpc) is 3.18. The van der Waals surface area contributed by atoms with Crippen molar-refractivity contribution in [1.29, 1.82) is 0 Å². The number of hydrogen-bond acceptors (Lipinski definition) is 4. The molecular formula is C30H38N2O2. The summed E-state index contributed by atoms with van der Waals surface area (Å²) in [5.74, 6) is 2.42. The standard InChI is InChI=1S/C30H38N2O2/c1-22-6-5-8-27(19-22)34-28-12-10-23(2)18-24(20-28)11-13-30(33)29-9-4-3-7-25(29)21-26-14-15-31-16-17-32-26/h3-9,16-17,19,23-24,26,28H,10-15,18,20-21H2,1-2H3. The predicted molar refractivity (Wildman–Crippen MR) is 141 cm³/mol. The Morgan fingerprint density at radius 3 is 2.79 bits per heavy atom. The summed E-state index contributed by atoms with van der Waals surface area (Å²) in [4.78, 5) is 22.2. The number of benzene rings is 2. The van der Waals surface area contributed by atoms with Gasteiger partial charge in [0.05, 0.1) is 12.1 Å². The molecule has 1 saturated carbocycles. The summed E-state index contributed by atoms with van der Waals surface area (Å²) in [6.45, 7) is 5.24. The molecule has 1 heterocycles. The predicted octanol–water partition coefficient (Wildman–Crippen LogP) is 6.69. The zero-order chi connectivity index (χ0) is 23.8. The van der Waals surface area contributed by atoms with Crippen molar-refractivity contribution >= 4 is 18.2 Å². The molecule has 2 aromatic carbocycles. The van der Waals surface area contributed by atoms with Gasteiger partial charge in [0.15, 0.2) is 5.78 Å². The summed E-state index contributed by atoms with van der Waals surface area (Å²) in [5.41, 5.74) is 3.21. The fourth-order valence-corrected chi connectivity index (χ4v) is 5.40. The number of carbonyl (C=O) groups excluding carboxylic acids is 1. The van der Waals surface area contributed by atoms with Crippen LogP contribution in [0, 0.1) is 18.8 Å². The van der Waals surface area contributed by atoms with E-state index in [-0.39, 0.29) is 17.9 Å². The molecule has 4 atom stereocenters. The second-order valence-corrected chi connectivity index (χ2v) is 10.2. The molecule has 0 aromatic heterocycles. The van der Waals surface area contributed by atoms with Crippen LogP contribution in [0.3, 0.4) is 0 Å². The molecule has 0 amide bonds. The Hall–Kier alpha value is -2.75. The summed E-state index contributed by atoms with van der Waals surface area (Å²) >= 11 is 0. The van der Waals surface area contributed by atoms with E-state index in [4.69, 9.17) is 4.74 Å². The van der Waals surface area contributed by atoms with Crippen LogP contribution in [0.25, 0.3) is 0 Å². The van der Waals surface area contributed by atoms with E-state index in [1.807, 2.05) is 18.2 Å². The van der Waals surface area contributed by atoms with Gasteiger partial charge in [-0.1, -0.05) is 43.3 Å². The van der Waals surface area contributed by atoms with E-state index in [1.54, 1.807) is 12.4 Å². The van der Waals surface area contributed by atoms with Crippen molar-refractivity contribution in [3.8, 4) is 5.75 Å². The van der Waals surface area contributed by atoms with E-state index in [2.05, 4.69) is 54.2 Å². The third-order valence-electron chi connectivity index (χ3n) is 7.22. The van der Waals surface area contributed by atoms with Crippen LogP contribution in [0.15, 0.2) is 58.5 Å². The van der Waals surface area contributed by atoms with Crippen LogP contribution >= 0.6 is 0 Å². The lowest BCUT2D eigenvalue weighted by Crippen LogP contribution is -2.19. The van der Waals surface area contributed by atoms with Crippen molar-refractivity contribution in [1.82, 2.24) is 0 Å². The third-order valence-corrected chi connectivity index (χ3v) is 7.22. The Labute approximate surface area is 204 Å². The summed E-state index contributed by atoms with van der Waals surface area (Å²) in [5, 5.41) is 0. The van der Waals surface area contributed by atoms with E-state index < -0.39 is 0 Å². The molecule has 180 valence electrons. The molecule has 1 aliphatic carbocycles. The molecule has 34 heavy (non-hydrogen) atoms. The number of hydrogen-bond donors (Lipinski definition) is 0. The molecule has 4 nitrogen and oxygen atoms in total. The van der Waals surface area contributed by atoms with Gasteiger partial charge < -0.3 is 4.74 Å². The maximum absolute atomic E-state index is 13.3. The summed E-state index contributed by atoms with van der Waals surface area (Å²) in [6, 6.07) is 16.6. The molecule has 4 rings (SSSR count). The SMILES string of the molecule is Cc1cccc(OC2CCC(C)CC(CCC(=O)c3ccccc3CC3CCN=CC=N3)C2)c1. The maximum atomic E-state index is 13.3. The van der Waals surface area contributed by atoms with E-state index >= 15 is 0 Å². The van der Waals surface area contributed by atoms with Crippen LogP contribution in [-0.4, -0.2) is 36.9 Å². The van der Waals surface area contributed by atoms with Gasteiger partial charge in [-0.15, -0.1) is 0 Å². The Bertz CT molecular complexity index is 1010. The van der Waals surface area contributed by atoms with Crippen LogP contribution in [0.4, 0.5) is 0 Å². The Balaban J connectivity index is 1.36. The molecule has 4 heteroatoms. The fourth-order valence-electron chi connectivity index (χ4n) is 5.40. The largest absolute Gasteiger partial charge is 0.490 e. The first-order valence-corrected chi connectivity index (χ1v) is 12.9. The number of aliphatic imine (C=N–C) groups is 2. The van der Waals surface area contributed by atoms with Gasteiger partial charge >= 0.3 is 0 Å². The number of Topliss-reactive ketones (excluding diaryl/α,β-unsaturated/α-hetero) is 1. The van der Waals surface area contributed by atoms with Crippen LogP contribution in [0.5, 0.6) is 5.75 Å². The van der Waals surface area contributed by atoms with Gasteiger partial charge in [0.1, 0.15) is 5.75 Å². The van der Waals surface area contributed by atoms with Crippen molar-refractivity contribution in [2.45, 2.75) is 77.4 Å². The van der Waals surface area contributed by atoms with Gasteiger partial charge in [-0.3, -0.25) is 14.8 Å². The van der Waals surface area contributed by atoms with Crippen molar-refractivity contribution in [2.24, 2.45) is 21.8 Å². The highest BCUT2D eigenvalue weighted by Gasteiger charge is 2.26. The monoisotopic (exact) mass is 458 g/mol. The number of nitrogens with zero attached hydrogens (tertiary/aromatic N) is 2. The highest BCUT2D eigenvalue weighted by molar-refractivity contribution is 6.16. The second kappa shape index (κ2) is 12.1. The molecule has 2 aliphatic rings. The van der Waals surface area contributed by atoms with Gasteiger partial charge in [-0.2, -0.15) is 0 Å². The lowest BCUT2D eigenvalue weighted by molar-refractivity contribution is 0.0963. The quantitative estimate of drug-likeness (QED) is 0.327. The summed E-state index contributed by atoms with van der Waals surface area (Å²) in [6.07, 6.45) is 11.6. The Morgan fingerprint density at radius 1 is 1.03 bits per heavy atom. The van der Waals surface area contributed by atoms with Crippen molar-refractivity contribution in [2.75, 3.05) is 6.54 Å². The Kier molecular flexibility index (Phi) is 8.67. The minimum atomic E-state index is 0.193. The third kappa shape index (κ3) is 7.12. The normalized spacial score (nSPS) is 24.9. The van der Waals surface area contributed by atoms with Crippen LogP contribution in [0.2, 0.25) is 0 Å². The van der Waals surface area contributed by atoms with Gasteiger partial charge in [0, 0.05) is 31.0 Å². The smallest absolute Gasteiger partial charge is 0.163 e. The first-order chi connectivity index (χ1) is 16.6. The molecule has 0 N–H and O–H groups in total. The van der Waals surface area contributed by atoms with E-state index in [0.717, 1.165) is 55.5 Å². The van der Waals surface area contributed by atoms with Crippen molar-refractivity contribution < 1.29 is 9.53 Å². The summed E-state index contributed by atoms with van der Waals surface area (Å²) in [7, 11) is 0. The number of carbonyl (C=O) groups is 1. The first kappa shape index (κ1) is 24.4. The zero-order valence-corrected chi connectivity index (χ0v) is 20.7. The van der Waals surface area contributed by atoms with Crippen molar-refractivity contribution in [3.05, 3.63) is 65.2 Å². The van der Waals surface area contributed by atoms with Gasteiger partial charge in [-0.05, 0) is 87.0 Å². The van der Waals surface area contributed by atoms with Gasteiger partial charge in [0.2, 0.25) is 0 Å². The van der Waals surface area contributed by atoms with E-state index in [0.29, 0.717) is 18.3 Å². The van der Waals surface area contributed by atoms with Crippen LogP contribution < -0.4 is 4.74 Å². The minimum absolute atomic E-state index is 0.193. The van der Waals surface area contributed by atoms with Crippen molar-refractivity contribution in [3.63, 3.8) is 0 Å². The number of ether oxygens (including phenoxy) is 1. The number of rotatable bonds is 8. The lowest BCUT2D eigenvalue weighted by atomic mass is 9.88. The lowest BCUT2D eigenvalue weighted by Gasteiger charge is -2.22. The highest BCUT2D eigenvalue weighted by atomic mass is 16.5. The van der Waals surface area contributed by atoms with Crippen LogP contribution in [0.1, 0.15) is 73.4 Å². The molecular weight excluding hydrogens is 420 g/mol. The van der Waals surface area contributed by atoms with E-state index in [9.17, 15) is 4.79 Å². The second-order valence-electron chi connectivity index (χ2n) is 10.2. The number of aryl methyl sites for hydroxylation is 1. The first-order valence-electron chi connectivity index (χ1n) is 12.9. The Morgan fingerprint density at radius 2 is 1.91 bits per heavy atom. The minimum Gasteiger partial charge on any atom is -0.490 e. The highest BCUT2D eigenvalue weighted by Crippen LogP contribution is 2.33. The average molecular weight is 459 g/mol. The van der Waals surface area contributed by atoms with Crippen LogP contribution in [-0.2, 0) is 6.42 Å². The molecule has 0 saturated heterocycles. The molecule has 1 aliphatic heterocycles.